The first kappa shape index (κ1) is 29.9. The highest BCUT2D eigenvalue weighted by Crippen LogP contribution is 2.38. The van der Waals surface area contributed by atoms with Crippen LogP contribution < -0.4 is 0 Å². The minimum absolute atomic E-state index is 0.0307. The average Bonchev–Trinajstić information content (AvgIpc) is 2.52. The second-order valence-electron chi connectivity index (χ2n) is 7.38. The van der Waals surface area contributed by atoms with Gasteiger partial charge in [0.2, 0.25) is 0 Å². The van der Waals surface area contributed by atoms with E-state index in [4.69, 9.17) is 0 Å². The lowest BCUT2D eigenvalue weighted by Gasteiger charge is -2.32. The summed E-state index contributed by atoms with van der Waals surface area (Å²) in [5.41, 5.74) is 0. The molecule has 0 aromatic heterocycles. The molecule has 0 atom stereocenters. The first-order valence-electron chi connectivity index (χ1n) is 9.11. The van der Waals surface area contributed by atoms with Gasteiger partial charge < -0.3 is 48.9 Å². The molecule has 1 aliphatic heterocycles. The Morgan fingerprint density at radius 1 is 0.469 bits per heavy atom. The van der Waals surface area contributed by atoms with Crippen molar-refractivity contribution in [2.45, 2.75) is 0 Å². The van der Waals surface area contributed by atoms with Gasteiger partial charge in [0.15, 0.2) is 0 Å². The standard InChI is InChI=1S/C12H30N4O12P4/c17-29(18,19)9-13-1-2-14(10-30(20,21)22)5-6-16(12-32(26,27)28)8-7-15(4-3-13)11-31(23,24)25/h1-2H,3-12H2,(H2,17,18,19)(H2,20,21,22)(H2,23,24,25)(H2,26,27,28)/b2-1-. The van der Waals surface area contributed by atoms with Crippen molar-refractivity contribution in [1.82, 2.24) is 19.6 Å². The molecule has 0 aromatic rings. The van der Waals surface area contributed by atoms with Crippen molar-refractivity contribution in [2.24, 2.45) is 0 Å². The minimum Gasteiger partial charge on any atom is -0.363 e. The summed E-state index contributed by atoms with van der Waals surface area (Å²) in [5.74, 6) is 0. The monoisotopic (exact) mass is 546 g/mol. The molecule has 190 valence electrons. The van der Waals surface area contributed by atoms with Crippen molar-refractivity contribution < 1.29 is 57.4 Å². The van der Waals surface area contributed by atoms with Crippen LogP contribution in [0.5, 0.6) is 0 Å². The topological polar surface area (TPSA) is 243 Å². The van der Waals surface area contributed by atoms with Gasteiger partial charge in [0, 0.05) is 51.7 Å². The molecule has 0 spiro atoms. The Bertz CT molecular complexity index is 753. The van der Waals surface area contributed by atoms with E-state index in [-0.39, 0.29) is 39.3 Å². The van der Waals surface area contributed by atoms with Crippen molar-refractivity contribution in [3.63, 3.8) is 0 Å². The maximum absolute atomic E-state index is 11.5. The van der Waals surface area contributed by atoms with Crippen LogP contribution in [-0.2, 0) is 18.3 Å². The third-order valence-corrected chi connectivity index (χ3v) is 7.13. The van der Waals surface area contributed by atoms with E-state index >= 15 is 0 Å². The minimum atomic E-state index is -4.53. The van der Waals surface area contributed by atoms with E-state index < -0.39 is 55.5 Å². The van der Waals surface area contributed by atoms with Crippen LogP contribution in [-0.4, -0.2) is 123 Å². The molecular weight excluding hydrogens is 516 g/mol. The number of hydrogen-bond donors (Lipinski definition) is 8. The SMILES string of the molecule is O=P(O)(O)CN1/C=C\N(CP(=O)(O)O)CCN(CP(=O)(O)O)CCN(CP(=O)(O)O)CC1. The number of nitrogens with zero attached hydrogens (tertiary/aromatic N) is 4. The molecule has 0 amide bonds. The molecule has 0 aliphatic carbocycles. The molecule has 0 unspecified atom stereocenters. The molecule has 0 bridgehead atoms. The Morgan fingerprint density at radius 2 is 0.719 bits per heavy atom. The summed E-state index contributed by atoms with van der Waals surface area (Å²) in [5, 5.41) is 0. The summed E-state index contributed by atoms with van der Waals surface area (Å²) in [6.07, 6.45) is -0.426. The third-order valence-electron chi connectivity index (χ3n) is 4.13. The van der Waals surface area contributed by atoms with Crippen molar-refractivity contribution in [3.8, 4) is 0 Å². The van der Waals surface area contributed by atoms with Gasteiger partial charge in [-0.3, -0.25) is 28.1 Å². The fraction of sp³-hybridized carbons (Fsp3) is 0.833. The fourth-order valence-corrected chi connectivity index (χ4v) is 5.92. The van der Waals surface area contributed by atoms with Crippen LogP contribution in [0.4, 0.5) is 0 Å². The van der Waals surface area contributed by atoms with E-state index in [1.807, 2.05) is 0 Å². The molecule has 20 heteroatoms. The van der Waals surface area contributed by atoms with Crippen LogP contribution in [0.25, 0.3) is 0 Å². The third kappa shape index (κ3) is 15.7. The molecule has 1 rings (SSSR count). The van der Waals surface area contributed by atoms with Crippen molar-refractivity contribution in [3.05, 3.63) is 12.4 Å². The Balaban J connectivity index is 3.20. The van der Waals surface area contributed by atoms with Crippen molar-refractivity contribution >= 4 is 30.4 Å². The zero-order chi connectivity index (χ0) is 24.8. The van der Waals surface area contributed by atoms with Gasteiger partial charge in [-0.1, -0.05) is 0 Å². The predicted molar refractivity (Wildman–Crippen MR) is 113 cm³/mol. The Hall–Kier alpha value is -0.140. The molecule has 0 aromatic carbocycles. The highest BCUT2D eigenvalue weighted by molar-refractivity contribution is 7.52. The summed E-state index contributed by atoms with van der Waals surface area (Å²) in [4.78, 5) is 79.3. The molecular formula is C12H30N4O12P4. The molecule has 16 nitrogen and oxygen atoms in total. The van der Waals surface area contributed by atoms with Gasteiger partial charge in [0.05, 0.1) is 0 Å². The van der Waals surface area contributed by atoms with Crippen LogP contribution in [0.2, 0.25) is 0 Å². The van der Waals surface area contributed by atoms with Gasteiger partial charge >= 0.3 is 30.4 Å². The maximum atomic E-state index is 11.5. The lowest BCUT2D eigenvalue weighted by Crippen LogP contribution is -2.42. The largest absolute Gasteiger partial charge is 0.363 e. The molecule has 1 heterocycles. The molecule has 0 saturated carbocycles. The molecule has 0 radical (unpaired) electrons. The van der Waals surface area contributed by atoms with Crippen LogP contribution in [0.3, 0.4) is 0 Å². The quantitative estimate of drug-likeness (QED) is 0.157. The summed E-state index contributed by atoms with van der Waals surface area (Å²) < 4.78 is 45.8. The van der Waals surface area contributed by atoms with Crippen molar-refractivity contribution in [1.29, 1.82) is 0 Å². The summed E-state index contributed by atoms with van der Waals surface area (Å²) in [6, 6.07) is 0. The zero-order valence-corrected chi connectivity index (χ0v) is 20.6. The normalized spacial score (nSPS) is 20.6. The average molecular weight is 546 g/mol. The predicted octanol–water partition coefficient (Wildman–Crippen LogP) is -1.78. The van der Waals surface area contributed by atoms with E-state index in [1.165, 1.54) is 22.2 Å². The molecule has 0 fully saturated rings. The fourth-order valence-electron chi connectivity index (χ4n) is 2.90. The van der Waals surface area contributed by atoms with E-state index in [0.29, 0.717) is 0 Å². The highest BCUT2D eigenvalue weighted by Gasteiger charge is 2.26. The van der Waals surface area contributed by atoms with Gasteiger partial charge in [0.1, 0.15) is 25.1 Å². The number of hydrogen-bond acceptors (Lipinski definition) is 8. The summed E-state index contributed by atoms with van der Waals surface area (Å²) in [6.45, 7) is -0.364. The van der Waals surface area contributed by atoms with Gasteiger partial charge in [-0.25, -0.2) is 0 Å². The second-order valence-corrected chi connectivity index (χ2v) is 13.8. The van der Waals surface area contributed by atoms with E-state index in [1.54, 1.807) is 0 Å². The molecule has 8 N–H and O–H groups in total. The maximum Gasteiger partial charge on any atom is 0.344 e. The molecule has 0 saturated heterocycles. The van der Waals surface area contributed by atoms with Crippen LogP contribution in [0.1, 0.15) is 0 Å². The summed E-state index contributed by atoms with van der Waals surface area (Å²) >= 11 is 0. The second kappa shape index (κ2) is 12.0. The zero-order valence-electron chi connectivity index (χ0n) is 17.0. The van der Waals surface area contributed by atoms with E-state index in [0.717, 1.165) is 9.80 Å². The van der Waals surface area contributed by atoms with Gasteiger partial charge in [0.25, 0.3) is 0 Å². The van der Waals surface area contributed by atoms with E-state index in [9.17, 15) is 57.4 Å². The molecule has 32 heavy (non-hydrogen) atoms. The smallest absolute Gasteiger partial charge is 0.344 e. The first-order chi connectivity index (χ1) is 14.3. The first-order valence-corrected chi connectivity index (χ1v) is 16.3. The van der Waals surface area contributed by atoms with E-state index in [2.05, 4.69) is 0 Å². The Morgan fingerprint density at radius 3 is 0.969 bits per heavy atom. The lowest BCUT2D eigenvalue weighted by atomic mass is 10.4. The molecule has 1 aliphatic rings. The summed E-state index contributed by atoms with van der Waals surface area (Å²) in [7, 11) is -18.1. The van der Waals surface area contributed by atoms with Crippen molar-refractivity contribution in [2.75, 3.05) is 64.4 Å². The van der Waals surface area contributed by atoms with Gasteiger partial charge in [-0.05, 0) is 0 Å². The highest BCUT2D eigenvalue weighted by atomic mass is 31.2. The van der Waals surface area contributed by atoms with Crippen LogP contribution >= 0.6 is 30.4 Å². The Labute approximate surface area is 184 Å². The van der Waals surface area contributed by atoms with Gasteiger partial charge in [-0.2, -0.15) is 0 Å². The number of rotatable bonds is 8. The Kier molecular flexibility index (Phi) is 11.2. The lowest BCUT2D eigenvalue weighted by molar-refractivity contribution is 0.190. The van der Waals surface area contributed by atoms with Crippen LogP contribution in [0.15, 0.2) is 12.4 Å². The van der Waals surface area contributed by atoms with Gasteiger partial charge in [-0.15, -0.1) is 0 Å². The van der Waals surface area contributed by atoms with Crippen LogP contribution in [0, 0.1) is 0 Å².